The molecule has 0 saturated carbocycles. The van der Waals surface area contributed by atoms with Crippen LogP contribution in [-0.2, 0) is 13.1 Å². The van der Waals surface area contributed by atoms with Gasteiger partial charge >= 0.3 is 0 Å². The first-order chi connectivity index (χ1) is 15.3. The molecule has 2 heterocycles. The summed E-state index contributed by atoms with van der Waals surface area (Å²) in [5, 5.41) is 4.53. The highest BCUT2D eigenvalue weighted by molar-refractivity contribution is 9.10. The molecule has 1 aliphatic heterocycles. The third-order valence-corrected chi connectivity index (χ3v) is 7.06. The molecule has 0 atom stereocenters. The molecule has 8 heteroatoms. The van der Waals surface area contributed by atoms with Gasteiger partial charge in [0, 0.05) is 43.9 Å². The SMILES string of the molecule is Cc1nn(Cc2ccc(C(=O)N3CCN(Cc4cccc(F)c4F)CC3)cc2)c(C)c1Br. The fraction of sp³-hybridized carbons (Fsp3) is 0.333. The second-order valence-corrected chi connectivity index (χ2v) is 8.91. The highest BCUT2D eigenvalue weighted by atomic mass is 79.9. The van der Waals surface area contributed by atoms with E-state index < -0.39 is 11.6 Å². The summed E-state index contributed by atoms with van der Waals surface area (Å²) in [4.78, 5) is 16.8. The van der Waals surface area contributed by atoms with Gasteiger partial charge in [-0.15, -0.1) is 0 Å². The predicted molar refractivity (Wildman–Crippen MR) is 122 cm³/mol. The Bertz CT molecular complexity index is 1120. The fourth-order valence-electron chi connectivity index (χ4n) is 3.96. The smallest absolute Gasteiger partial charge is 0.253 e. The third kappa shape index (κ3) is 4.76. The van der Waals surface area contributed by atoms with Gasteiger partial charge in [0.15, 0.2) is 11.6 Å². The van der Waals surface area contributed by atoms with Gasteiger partial charge in [-0.3, -0.25) is 14.4 Å². The van der Waals surface area contributed by atoms with E-state index >= 15 is 0 Å². The van der Waals surface area contributed by atoms with Crippen LogP contribution in [0, 0.1) is 25.5 Å². The van der Waals surface area contributed by atoms with E-state index in [1.807, 2.05) is 52.6 Å². The minimum absolute atomic E-state index is 0.0120. The molecule has 0 N–H and O–H groups in total. The zero-order valence-corrected chi connectivity index (χ0v) is 19.7. The standard InChI is InChI=1S/C24H25BrF2N4O/c1-16-22(25)17(2)31(28-16)14-18-6-8-19(9-7-18)24(32)30-12-10-29(11-13-30)15-20-4-3-5-21(26)23(20)27/h3-9H,10-15H2,1-2H3. The largest absolute Gasteiger partial charge is 0.336 e. The van der Waals surface area contributed by atoms with Crippen LogP contribution >= 0.6 is 15.9 Å². The van der Waals surface area contributed by atoms with Crippen molar-refractivity contribution in [2.75, 3.05) is 26.2 Å². The van der Waals surface area contributed by atoms with E-state index in [1.165, 1.54) is 6.07 Å². The maximum Gasteiger partial charge on any atom is 0.253 e. The van der Waals surface area contributed by atoms with Gasteiger partial charge in [-0.1, -0.05) is 24.3 Å². The van der Waals surface area contributed by atoms with Gasteiger partial charge in [-0.25, -0.2) is 8.78 Å². The molecule has 5 nitrogen and oxygen atoms in total. The summed E-state index contributed by atoms with van der Waals surface area (Å²) in [6.45, 7) is 7.30. The van der Waals surface area contributed by atoms with Crippen LogP contribution in [0.15, 0.2) is 46.9 Å². The van der Waals surface area contributed by atoms with Crippen LogP contribution in [-0.4, -0.2) is 51.7 Å². The highest BCUT2D eigenvalue weighted by Gasteiger charge is 2.23. The van der Waals surface area contributed by atoms with Gasteiger partial charge in [-0.05, 0) is 53.5 Å². The van der Waals surface area contributed by atoms with Crippen LogP contribution in [0.2, 0.25) is 0 Å². The molecule has 0 aliphatic carbocycles. The Kier molecular flexibility index (Phi) is 6.71. The van der Waals surface area contributed by atoms with Gasteiger partial charge in [0.25, 0.3) is 5.91 Å². The number of hydrogen-bond donors (Lipinski definition) is 0. The number of hydrogen-bond acceptors (Lipinski definition) is 3. The molecule has 1 fully saturated rings. The lowest BCUT2D eigenvalue weighted by molar-refractivity contribution is 0.0627. The molecule has 1 saturated heterocycles. The van der Waals surface area contributed by atoms with E-state index in [4.69, 9.17) is 0 Å². The monoisotopic (exact) mass is 502 g/mol. The first kappa shape index (κ1) is 22.6. The van der Waals surface area contributed by atoms with Crippen molar-refractivity contribution in [3.05, 3.63) is 86.6 Å². The molecule has 4 rings (SSSR count). The number of carbonyl (C=O) groups excluding carboxylic acids is 1. The number of nitrogens with zero attached hydrogens (tertiary/aromatic N) is 4. The van der Waals surface area contributed by atoms with Crippen LogP contribution in [0.4, 0.5) is 8.78 Å². The summed E-state index contributed by atoms with van der Waals surface area (Å²) in [7, 11) is 0. The van der Waals surface area contributed by atoms with Gasteiger partial charge in [0.2, 0.25) is 0 Å². The molecule has 0 spiro atoms. The summed E-state index contributed by atoms with van der Waals surface area (Å²) in [5.41, 5.74) is 4.08. The minimum atomic E-state index is -0.828. The van der Waals surface area contributed by atoms with E-state index in [2.05, 4.69) is 21.0 Å². The van der Waals surface area contributed by atoms with Crippen LogP contribution in [0.25, 0.3) is 0 Å². The van der Waals surface area contributed by atoms with Crippen molar-refractivity contribution in [3.63, 3.8) is 0 Å². The molecule has 2 aromatic carbocycles. The fourth-order valence-corrected chi connectivity index (χ4v) is 4.24. The molecular formula is C24H25BrF2N4O. The van der Waals surface area contributed by atoms with Crippen molar-refractivity contribution in [2.24, 2.45) is 0 Å². The van der Waals surface area contributed by atoms with Gasteiger partial charge in [-0.2, -0.15) is 5.10 Å². The Morgan fingerprint density at radius 1 is 1.00 bits per heavy atom. The lowest BCUT2D eigenvalue weighted by Crippen LogP contribution is -2.48. The number of halogens is 3. The lowest BCUT2D eigenvalue weighted by Gasteiger charge is -2.34. The van der Waals surface area contributed by atoms with Crippen molar-refractivity contribution < 1.29 is 13.6 Å². The summed E-state index contributed by atoms with van der Waals surface area (Å²) < 4.78 is 30.3. The number of piperazine rings is 1. The second-order valence-electron chi connectivity index (χ2n) is 8.12. The van der Waals surface area contributed by atoms with Crippen molar-refractivity contribution in [1.82, 2.24) is 19.6 Å². The maximum atomic E-state index is 13.9. The molecule has 168 valence electrons. The Balaban J connectivity index is 1.34. The topological polar surface area (TPSA) is 41.4 Å². The summed E-state index contributed by atoms with van der Waals surface area (Å²) in [6, 6.07) is 11.9. The van der Waals surface area contributed by atoms with E-state index in [0.29, 0.717) is 50.4 Å². The third-order valence-electron chi connectivity index (χ3n) is 5.91. The second kappa shape index (κ2) is 9.50. The number of carbonyl (C=O) groups is 1. The predicted octanol–water partition coefficient (Wildman–Crippen LogP) is 4.55. The van der Waals surface area contributed by atoms with Crippen LogP contribution in [0.1, 0.15) is 32.9 Å². The molecule has 0 radical (unpaired) electrons. The number of aryl methyl sites for hydroxylation is 1. The number of aromatic nitrogens is 2. The molecular weight excluding hydrogens is 478 g/mol. The molecule has 0 bridgehead atoms. The Morgan fingerprint density at radius 2 is 1.69 bits per heavy atom. The lowest BCUT2D eigenvalue weighted by atomic mass is 10.1. The summed E-state index contributed by atoms with van der Waals surface area (Å²) in [5.74, 6) is -1.63. The molecule has 1 aliphatic rings. The van der Waals surface area contributed by atoms with Crippen LogP contribution in [0.5, 0.6) is 0 Å². The van der Waals surface area contributed by atoms with Crippen LogP contribution in [0.3, 0.4) is 0 Å². The molecule has 1 aromatic heterocycles. The number of rotatable bonds is 5. The van der Waals surface area contributed by atoms with Crippen molar-refractivity contribution in [1.29, 1.82) is 0 Å². The Labute approximate surface area is 194 Å². The summed E-state index contributed by atoms with van der Waals surface area (Å²) in [6.07, 6.45) is 0. The zero-order chi connectivity index (χ0) is 22.8. The van der Waals surface area contributed by atoms with E-state index in [9.17, 15) is 13.6 Å². The minimum Gasteiger partial charge on any atom is -0.336 e. The quantitative estimate of drug-likeness (QED) is 0.513. The van der Waals surface area contributed by atoms with Crippen LogP contribution < -0.4 is 0 Å². The summed E-state index contributed by atoms with van der Waals surface area (Å²) >= 11 is 3.55. The molecule has 3 aromatic rings. The van der Waals surface area contributed by atoms with E-state index in [0.717, 1.165) is 27.5 Å². The first-order valence-corrected chi connectivity index (χ1v) is 11.4. The van der Waals surface area contributed by atoms with Gasteiger partial charge < -0.3 is 4.90 Å². The van der Waals surface area contributed by atoms with Gasteiger partial charge in [0.05, 0.1) is 22.4 Å². The Hall–Kier alpha value is -2.58. The zero-order valence-electron chi connectivity index (χ0n) is 18.1. The number of benzene rings is 2. The van der Waals surface area contributed by atoms with Gasteiger partial charge in [0.1, 0.15) is 0 Å². The number of amides is 1. The molecule has 0 unspecified atom stereocenters. The van der Waals surface area contributed by atoms with Crippen molar-refractivity contribution >= 4 is 21.8 Å². The highest BCUT2D eigenvalue weighted by Crippen LogP contribution is 2.21. The average Bonchev–Trinajstić information content (AvgIpc) is 3.04. The normalized spacial score (nSPS) is 14.7. The molecule has 32 heavy (non-hydrogen) atoms. The van der Waals surface area contributed by atoms with E-state index in [-0.39, 0.29) is 5.91 Å². The van der Waals surface area contributed by atoms with E-state index in [1.54, 1.807) is 6.07 Å². The van der Waals surface area contributed by atoms with Crippen molar-refractivity contribution in [2.45, 2.75) is 26.9 Å². The molecule has 1 amide bonds. The average molecular weight is 503 g/mol. The van der Waals surface area contributed by atoms with Crippen molar-refractivity contribution in [3.8, 4) is 0 Å². The Morgan fingerprint density at radius 3 is 2.31 bits per heavy atom. The first-order valence-electron chi connectivity index (χ1n) is 10.6. The maximum absolute atomic E-state index is 13.9.